The number of benzene rings is 2. The Hall–Kier alpha value is -2.18. The molecule has 0 bridgehead atoms. The molecule has 0 saturated carbocycles. The van der Waals surface area contributed by atoms with Gasteiger partial charge in [0.2, 0.25) is 0 Å². The maximum atomic E-state index is 13.2. The van der Waals surface area contributed by atoms with Gasteiger partial charge in [-0.05, 0) is 47.9 Å². The second-order valence-corrected chi connectivity index (χ2v) is 8.86. The summed E-state index contributed by atoms with van der Waals surface area (Å²) in [5, 5.41) is 3.35. The van der Waals surface area contributed by atoms with E-state index in [9.17, 15) is 17.6 Å². The fourth-order valence-corrected chi connectivity index (χ4v) is 4.61. The number of nitrogens with one attached hydrogen (secondary N) is 1. The normalized spacial score (nSPS) is 19.3. The van der Waals surface area contributed by atoms with Crippen molar-refractivity contribution in [1.29, 1.82) is 0 Å². The molecule has 1 heterocycles. The zero-order valence-corrected chi connectivity index (χ0v) is 15.4. The van der Waals surface area contributed by atoms with Gasteiger partial charge in [-0.15, -0.1) is 0 Å². The molecule has 2 aromatic rings. The number of amides is 1. The lowest BCUT2D eigenvalue weighted by molar-refractivity contribution is -0.116. The molecule has 4 nitrogen and oxygen atoms in total. The Morgan fingerprint density at radius 2 is 1.77 bits per heavy atom. The first-order valence-electron chi connectivity index (χ1n) is 8.07. The van der Waals surface area contributed by atoms with Crippen molar-refractivity contribution in [3.8, 4) is 0 Å². The van der Waals surface area contributed by atoms with Crippen LogP contribution in [0.1, 0.15) is 17.5 Å². The maximum Gasteiger partial charge on any atom is 0.252 e. The molecule has 1 aliphatic heterocycles. The zero-order chi connectivity index (χ0) is 18.7. The highest BCUT2D eigenvalue weighted by Gasteiger charge is 2.29. The van der Waals surface area contributed by atoms with Crippen molar-refractivity contribution in [3.63, 3.8) is 0 Å². The van der Waals surface area contributed by atoms with E-state index in [1.807, 2.05) is 0 Å². The van der Waals surface area contributed by atoms with Crippen LogP contribution in [0.2, 0.25) is 5.02 Å². The Labute approximate surface area is 156 Å². The largest absolute Gasteiger partial charge is 0.348 e. The smallest absolute Gasteiger partial charge is 0.252 e. The predicted molar refractivity (Wildman–Crippen MR) is 101 cm³/mol. The van der Waals surface area contributed by atoms with Gasteiger partial charge in [-0.2, -0.15) is 0 Å². The van der Waals surface area contributed by atoms with E-state index in [0.29, 0.717) is 22.6 Å². The van der Waals surface area contributed by atoms with Crippen LogP contribution in [0.4, 0.5) is 4.39 Å². The van der Waals surface area contributed by atoms with Crippen LogP contribution in [-0.2, 0) is 14.6 Å². The Kier molecular flexibility index (Phi) is 5.44. The molecule has 2 aromatic carbocycles. The minimum absolute atomic E-state index is 0.0591. The third-order valence-corrected chi connectivity index (χ3v) is 6.17. The van der Waals surface area contributed by atoms with Crippen molar-refractivity contribution >= 4 is 39.0 Å². The number of hydrogen-bond donors (Lipinski definition) is 1. The van der Waals surface area contributed by atoms with E-state index in [1.165, 1.54) is 24.3 Å². The molecule has 0 aliphatic carbocycles. The van der Waals surface area contributed by atoms with Crippen molar-refractivity contribution in [1.82, 2.24) is 5.32 Å². The third-order valence-electron chi connectivity index (χ3n) is 4.15. The van der Waals surface area contributed by atoms with Gasteiger partial charge >= 0.3 is 0 Å². The van der Waals surface area contributed by atoms with Crippen molar-refractivity contribution in [2.45, 2.75) is 12.5 Å². The lowest BCUT2D eigenvalue weighted by atomic mass is 10.0. The Bertz CT molecular complexity index is 938. The molecule has 3 rings (SSSR count). The van der Waals surface area contributed by atoms with E-state index < -0.39 is 27.6 Å². The molecule has 1 amide bonds. The minimum atomic E-state index is -3.10. The molecular weight excluding hydrogens is 377 g/mol. The Morgan fingerprint density at radius 3 is 2.35 bits per heavy atom. The van der Waals surface area contributed by atoms with Crippen LogP contribution in [0, 0.1) is 5.82 Å². The van der Waals surface area contributed by atoms with Crippen LogP contribution in [0.25, 0.3) is 11.6 Å². The van der Waals surface area contributed by atoms with Gasteiger partial charge < -0.3 is 5.32 Å². The number of carbonyl (C=O) groups excluding carboxylic acids is 1. The van der Waals surface area contributed by atoms with E-state index in [0.717, 1.165) is 5.56 Å². The summed E-state index contributed by atoms with van der Waals surface area (Å²) in [7, 11) is -3.10. The van der Waals surface area contributed by atoms with Gasteiger partial charge in [0.25, 0.3) is 5.91 Å². The second-order valence-electron chi connectivity index (χ2n) is 6.19. The molecule has 136 valence electrons. The summed E-state index contributed by atoms with van der Waals surface area (Å²) < 4.78 is 36.4. The third kappa shape index (κ3) is 4.71. The SMILES string of the molecule is O=C(NC1CCS(=O)(=O)C1)C(=Cc1ccc(Cl)cc1)c1ccc(F)cc1. The van der Waals surface area contributed by atoms with Crippen LogP contribution in [0.5, 0.6) is 0 Å². The van der Waals surface area contributed by atoms with Gasteiger partial charge in [0.1, 0.15) is 5.82 Å². The van der Waals surface area contributed by atoms with E-state index in [-0.39, 0.29) is 11.5 Å². The molecule has 1 atom stereocenters. The molecule has 7 heteroatoms. The number of hydrogen-bond acceptors (Lipinski definition) is 3. The van der Waals surface area contributed by atoms with Crippen LogP contribution in [0.15, 0.2) is 48.5 Å². The zero-order valence-electron chi connectivity index (χ0n) is 13.8. The van der Waals surface area contributed by atoms with Gasteiger partial charge in [-0.3, -0.25) is 4.79 Å². The fraction of sp³-hybridized carbons (Fsp3) is 0.211. The first-order chi connectivity index (χ1) is 12.3. The summed E-state index contributed by atoms with van der Waals surface area (Å²) in [6, 6.07) is 12.1. The van der Waals surface area contributed by atoms with Crippen molar-refractivity contribution < 1.29 is 17.6 Å². The van der Waals surface area contributed by atoms with Gasteiger partial charge in [-0.1, -0.05) is 35.9 Å². The van der Waals surface area contributed by atoms with E-state index >= 15 is 0 Å². The summed E-state index contributed by atoms with van der Waals surface area (Å²) in [4.78, 5) is 12.8. The number of halogens is 2. The summed E-state index contributed by atoms with van der Waals surface area (Å²) in [6.07, 6.45) is 2.06. The van der Waals surface area contributed by atoms with Gasteiger partial charge in [0.05, 0.1) is 11.5 Å². The van der Waals surface area contributed by atoms with Gasteiger partial charge in [-0.25, -0.2) is 12.8 Å². The molecule has 1 saturated heterocycles. The number of sulfone groups is 1. The van der Waals surface area contributed by atoms with Gasteiger partial charge in [0, 0.05) is 16.6 Å². The lowest BCUT2D eigenvalue weighted by Gasteiger charge is -2.14. The van der Waals surface area contributed by atoms with Crippen molar-refractivity contribution in [2.75, 3.05) is 11.5 Å². The van der Waals surface area contributed by atoms with E-state index in [4.69, 9.17) is 11.6 Å². The predicted octanol–water partition coefficient (Wildman–Crippen LogP) is 3.32. The molecule has 1 aliphatic rings. The lowest BCUT2D eigenvalue weighted by Crippen LogP contribution is -2.36. The topological polar surface area (TPSA) is 63.2 Å². The summed E-state index contributed by atoms with van der Waals surface area (Å²) in [5.74, 6) is -0.781. The average Bonchev–Trinajstić information content (AvgIpc) is 2.94. The fourth-order valence-electron chi connectivity index (χ4n) is 2.81. The minimum Gasteiger partial charge on any atom is -0.348 e. The van der Waals surface area contributed by atoms with Crippen molar-refractivity contribution in [3.05, 3.63) is 70.5 Å². The van der Waals surface area contributed by atoms with Crippen LogP contribution < -0.4 is 5.32 Å². The number of carbonyl (C=O) groups is 1. The van der Waals surface area contributed by atoms with Crippen molar-refractivity contribution in [2.24, 2.45) is 0 Å². The molecule has 0 spiro atoms. The van der Waals surface area contributed by atoms with Crippen LogP contribution in [-0.4, -0.2) is 31.9 Å². The molecule has 26 heavy (non-hydrogen) atoms. The highest BCUT2D eigenvalue weighted by molar-refractivity contribution is 7.91. The summed E-state index contributed by atoms with van der Waals surface area (Å²) in [6.45, 7) is 0. The first kappa shape index (κ1) is 18.6. The van der Waals surface area contributed by atoms with Crippen LogP contribution >= 0.6 is 11.6 Å². The van der Waals surface area contributed by atoms with Crippen LogP contribution in [0.3, 0.4) is 0 Å². The first-order valence-corrected chi connectivity index (χ1v) is 10.3. The highest BCUT2D eigenvalue weighted by Crippen LogP contribution is 2.22. The molecule has 1 N–H and O–H groups in total. The monoisotopic (exact) mass is 393 g/mol. The Morgan fingerprint density at radius 1 is 1.12 bits per heavy atom. The average molecular weight is 394 g/mol. The molecule has 0 aromatic heterocycles. The molecule has 1 unspecified atom stereocenters. The Balaban J connectivity index is 1.90. The second kappa shape index (κ2) is 7.60. The van der Waals surface area contributed by atoms with E-state index in [1.54, 1.807) is 30.3 Å². The standard InChI is InChI=1S/C19H17ClFNO3S/c20-15-5-1-13(2-6-15)11-18(14-3-7-16(21)8-4-14)19(23)22-17-9-10-26(24,25)12-17/h1-8,11,17H,9-10,12H2,(H,22,23). The summed E-state index contributed by atoms with van der Waals surface area (Å²) in [5.41, 5.74) is 1.62. The number of rotatable bonds is 4. The highest BCUT2D eigenvalue weighted by atomic mass is 35.5. The molecule has 1 fully saturated rings. The quantitative estimate of drug-likeness (QED) is 0.640. The summed E-state index contributed by atoms with van der Waals surface area (Å²) >= 11 is 5.89. The molecular formula is C19H17ClFNO3S. The van der Waals surface area contributed by atoms with Gasteiger partial charge in [0.15, 0.2) is 9.84 Å². The van der Waals surface area contributed by atoms with E-state index in [2.05, 4.69) is 5.32 Å². The molecule has 0 radical (unpaired) electrons. The maximum absolute atomic E-state index is 13.2.